The zero-order valence-electron chi connectivity index (χ0n) is 20.0. The fraction of sp³-hybridized carbons (Fsp3) is 0.500. The second-order valence-corrected chi connectivity index (χ2v) is 14.4. The molecule has 2 nitrogen and oxygen atoms in total. The molecule has 36 heavy (non-hydrogen) atoms. The predicted octanol–water partition coefficient (Wildman–Crippen LogP) is 7.90. The molecule has 2 atom stereocenters. The Balaban J connectivity index is 2.49. The van der Waals surface area contributed by atoms with Crippen LogP contribution < -0.4 is 5.32 Å². The molecule has 1 N–H and O–H groups in total. The molecule has 2 aromatic rings. The van der Waals surface area contributed by atoms with Gasteiger partial charge in [-0.1, -0.05) is 11.6 Å². The summed E-state index contributed by atoms with van der Waals surface area (Å²) in [5.41, 5.74) is -6.72. The smallest absolute Gasteiger partial charge is 0.403 e. The number of halogens is 9. The van der Waals surface area contributed by atoms with Gasteiger partial charge in [-0.15, -0.1) is 0 Å². The van der Waals surface area contributed by atoms with Crippen molar-refractivity contribution in [1.82, 2.24) is 5.32 Å². The van der Waals surface area contributed by atoms with Crippen molar-refractivity contribution in [3.8, 4) is 0 Å². The van der Waals surface area contributed by atoms with Crippen LogP contribution in [0.2, 0.25) is 19.6 Å². The van der Waals surface area contributed by atoms with E-state index in [1.165, 1.54) is 13.0 Å². The molecular formula is C24H26F9NOSi. The highest BCUT2D eigenvalue weighted by Gasteiger charge is 2.50. The van der Waals surface area contributed by atoms with Crippen molar-refractivity contribution in [3.63, 3.8) is 0 Å². The van der Waals surface area contributed by atoms with Crippen molar-refractivity contribution >= 4 is 8.32 Å². The summed E-state index contributed by atoms with van der Waals surface area (Å²) in [5, 5.41) is 3.06. The van der Waals surface area contributed by atoms with Crippen LogP contribution in [0.3, 0.4) is 0 Å². The summed E-state index contributed by atoms with van der Waals surface area (Å²) in [5.74, 6) is 0. The van der Waals surface area contributed by atoms with E-state index in [0.717, 1.165) is 12.1 Å². The van der Waals surface area contributed by atoms with E-state index in [1.54, 1.807) is 19.6 Å². The molecule has 0 aromatic heterocycles. The molecule has 0 radical (unpaired) electrons. The van der Waals surface area contributed by atoms with Gasteiger partial charge < -0.3 is 9.74 Å². The first-order chi connectivity index (χ1) is 16.2. The summed E-state index contributed by atoms with van der Waals surface area (Å²) in [4.78, 5) is 0. The molecule has 0 spiro atoms. The van der Waals surface area contributed by atoms with Gasteiger partial charge >= 0.3 is 18.5 Å². The topological polar surface area (TPSA) is 21.3 Å². The number of rotatable bonds is 5. The lowest BCUT2D eigenvalue weighted by Gasteiger charge is -2.45. The Morgan fingerprint density at radius 1 is 0.694 bits per heavy atom. The third-order valence-electron chi connectivity index (χ3n) is 5.87. The molecule has 1 unspecified atom stereocenters. The zero-order chi connectivity index (χ0) is 27.3. The van der Waals surface area contributed by atoms with Crippen molar-refractivity contribution in [2.75, 3.05) is 6.54 Å². The van der Waals surface area contributed by atoms with E-state index >= 15 is 0 Å². The molecule has 2 aromatic carbocycles. The quantitative estimate of drug-likeness (QED) is 0.306. The molecule has 0 bridgehead atoms. The Hall–Kier alpha value is -2.05. The molecule has 3 rings (SSSR count). The lowest BCUT2D eigenvalue weighted by atomic mass is 9.77. The van der Waals surface area contributed by atoms with Crippen LogP contribution in [0.25, 0.3) is 0 Å². The predicted molar refractivity (Wildman–Crippen MR) is 119 cm³/mol. The molecule has 0 amide bonds. The van der Waals surface area contributed by atoms with E-state index in [1.807, 2.05) is 0 Å². The average Bonchev–Trinajstić information content (AvgIpc) is 3.23. The van der Waals surface area contributed by atoms with E-state index in [2.05, 4.69) is 5.32 Å². The minimum absolute atomic E-state index is 0.00222. The molecule has 1 saturated heterocycles. The number of benzene rings is 2. The minimum atomic E-state index is -5.13. The molecule has 0 saturated carbocycles. The van der Waals surface area contributed by atoms with Crippen molar-refractivity contribution < 1.29 is 43.9 Å². The number of hydrogen-bond donors (Lipinski definition) is 1. The summed E-state index contributed by atoms with van der Waals surface area (Å²) in [7, 11) is -2.82. The Bertz CT molecular complexity index is 1060. The van der Waals surface area contributed by atoms with Gasteiger partial charge in [0.15, 0.2) is 8.32 Å². The first-order valence-electron chi connectivity index (χ1n) is 11.2. The van der Waals surface area contributed by atoms with Crippen LogP contribution in [0.1, 0.15) is 46.2 Å². The van der Waals surface area contributed by atoms with E-state index in [4.69, 9.17) is 4.43 Å². The second-order valence-electron chi connectivity index (χ2n) is 9.98. The van der Waals surface area contributed by atoms with Gasteiger partial charge in [0.1, 0.15) is 5.60 Å². The van der Waals surface area contributed by atoms with Crippen LogP contribution in [-0.2, 0) is 28.6 Å². The standard InChI is InChI=1S/C24H26F9NOSi/c1-14-8-15(10-17(9-14)22(25,26)27)21(35-36(2,3)4,20-6-5-7-34-20)16-11-18(23(28,29)30)13-19(12-16)24(31,32)33/h8-13,20,34H,5-7H2,1-4H3/t20-,21?/m1/s1. The highest BCUT2D eigenvalue weighted by molar-refractivity contribution is 6.69. The van der Waals surface area contributed by atoms with Crippen molar-refractivity contribution in [2.24, 2.45) is 0 Å². The van der Waals surface area contributed by atoms with Gasteiger partial charge in [0.25, 0.3) is 0 Å². The van der Waals surface area contributed by atoms with Gasteiger partial charge in [-0.3, -0.25) is 0 Å². The highest BCUT2D eigenvalue weighted by Crippen LogP contribution is 2.47. The van der Waals surface area contributed by atoms with Crippen LogP contribution in [0.15, 0.2) is 36.4 Å². The molecule has 12 heteroatoms. The normalized spacial score (nSPS) is 19.4. The van der Waals surface area contributed by atoms with Crippen LogP contribution in [0, 0.1) is 6.92 Å². The molecule has 200 valence electrons. The van der Waals surface area contributed by atoms with Gasteiger partial charge in [0.2, 0.25) is 0 Å². The summed E-state index contributed by atoms with van der Waals surface area (Å²) in [6, 6.07) is 3.23. The number of aryl methyl sites for hydroxylation is 1. The minimum Gasteiger partial charge on any atom is -0.403 e. The van der Waals surface area contributed by atoms with Gasteiger partial charge in [-0.2, -0.15) is 39.5 Å². The summed E-state index contributed by atoms with van der Waals surface area (Å²) in [6.07, 6.45) is -14.3. The average molecular weight is 544 g/mol. The summed E-state index contributed by atoms with van der Waals surface area (Å²) in [6.45, 7) is 6.79. The molecule has 1 heterocycles. The first-order valence-corrected chi connectivity index (χ1v) is 14.6. The maximum absolute atomic E-state index is 13.8. The largest absolute Gasteiger partial charge is 0.416 e. The SMILES string of the molecule is Cc1cc(C(F)(F)F)cc(C(O[Si](C)(C)C)(c2cc(C(F)(F)F)cc(C(F)(F)F)c2)[C@H]2CCCN2)c1. The lowest BCUT2D eigenvalue weighted by Crippen LogP contribution is -2.53. The molecule has 1 aliphatic rings. The lowest BCUT2D eigenvalue weighted by molar-refractivity contribution is -0.143. The highest BCUT2D eigenvalue weighted by atomic mass is 28.4. The Kier molecular flexibility index (Phi) is 7.41. The molecule has 1 aliphatic heterocycles. The Labute approximate surface area is 204 Å². The molecular weight excluding hydrogens is 517 g/mol. The van der Waals surface area contributed by atoms with Gasteiger partial charge in [0, 0.05) is 6.04 Å². The van der Waals surface area contributed by atoms with Crippen molar-refractivity contribution in [3.05, 3.63) is 69.8 Å². The molecule has 1 fully saturated rings. The van der Waals surface area contributed by atoms with E-state index < -0.39 is 60.7 Å². The van der Waals surface area contributed by atoms with Crippen LogP contribution >= 0.6 is 0 Å². The van der Waals surface area contributed by atoms with Gasteiger partial charge in [-0.05, 0) is 87.4 Å². The Morgan fingerprint density at radius 3 is 1.47 bits per heavy atom. The molecule has 0 aliphatic carbocycles. The monoisotopic (exact) mass is 543 g/mol. The van der Waals surface area contributed by atoms with Crippen LogP contribution in [0.5, 0.6) is 0 Å². The zero-order valence-corrected chi connectivity index (χ0v) is 21.0. The third-order valence-corrected chi connectivity index (χ3v) is 6.80. The van der Waals surface area contributed by atoms with E-state index in [0.29, 0.717) is 25.1 Å². The summed E-state index contributed by atoms with van der Waals surface area (Å²) >= 11 is 0. The fourth-order valence-corrected chi connectivity index (χ4v) is 5.95. The van der Waals surface area contributed by atoms with Crippen LogP contribution in [0.4, 0.5) is 39.5 Å². The van der Waals surface area contributed by atoms with E-state index in [9.17, 15) is 39.5 Å². The fourth-order valence-electron chi connectivity index (χ4n) is 4.60. The van der Waals surface area contributed by atoms with Gasteiger partial charge in [-0.25, -0.2) is 0 Å². The summed E-state index contributed by atoms with van der Waals surface area (Å²) < 4.78 is 130. The number of nitrogens with one attached hydrogen (secondary N) is 1. The third kappa shape index (κ3) is 6.08. The van der Waals surface area contributed by atoms with Crippen molar-refractivity contribution in [2.45, 2.75) is 69.6 Å². The first kappa shape index (κ1) is 28.5. The maximum Gasteiger partial charge on any atom is 0.416 e. The second kappa shape index (κ2) is 9.36. The Morgan fingerprint density at radius 2 is 1.08 bits per heavy atom. The van der Waals surface area contributed by atoms with Crippen molar-refractivity contribution in [1.29, 1.82) is 0 Å². The van der Waals surface area contributed by atoms with E-state index in [-0.39, 0.29) is 23.6 Å². The number of alkyl halides is 9. The van der Waals surface area contributed by atoms with Crippen LogP contribution in [-0.4, -0.2) is 20.9 Å². The number of hydrogen-bond acceptors (Lipinski definition) is 2. The van der Waals surface area contributed by atoms with Gasteiger partial charge in [0.05, 0.1) is 16.7 Å². The maximum atomic E-state index is 13.8.